The third kappa shape index (κ3) is 12.2. The van der Waals surface area contributed by atoms with Gasteiger partial charge in [0.05, 0.1) is 24.8 Å². The summed E-state index contributed by atoms with van der Waals surface area (Å²) in [6.45, 7) is 9.34. The Bertz CT molecular complexity index is 1450. The molecule has 1 aliphatic heterocycles. The number of carbonyl (C=O) groups excluding carboxylic acids is 3. The number of halogens is 6. The van der Waals surface area contributed by atoms with Crippen molar-refractivity contribution in [2.45, 2.75) is 65.5 Å². The number of amidine groups is 2. The van der Waals surface area contributed by atoms with Crippen LogP contribution in [0.25, 0.3) is 0 Å². The van der Waals surface area contributed by atoms with Crippen LogP contribution in [0.1, 0.15) is 72.3 Å². The maximum atomic E-state index is 12.7. The molecule has 13 nitrogen and oxygen atoms in total. The van der Waals surface area contributed by atoms with E-state index in [0.29, 0.717) is 34.9 Å². The Morgan fingerprint density at radius 3 is 1.87 bits per heavy atom. The Morgan fingerprint density at radius 1 is 0.978 bits per heavy atom. The molecule has 0 atom stereocenters. The Kier molecular flexibility index (Phi) is 13.5. The number of aromatic nitrogens is 1. The lowest BCUT2D eigenvalue weighted by atomic mass is 10.1. The highest BCUT2D eigenvalue weighted by atomic mass is 19.4. The number of aromatic amines is 1. The van der Waals surface area contributed by atoms with Crippen molar-refractivity contribution < 1.29 is 65.2 Å². The summed E-state index contributed by atoms with van der Waals surface area (Å²) in [5.74, 6) is -5.58. The number of carbonyl (C=O) groups is 4. The van der Waals surface area contributed by atoms with Crippen LogP contribution in [-0.4, -0.2) is 70.7 Å². The minimum atomic E-state index is -5.19. The molecule has 1 aliphatic rings. The van der Waals surface area contributed by atoms with Crippen LogP contribution < -0.4 is 15.7 Å². The van der Waals surface area contributed by atoms with Crippen LogP contribution in [0.3, 0.4) is 0 Å². The average molecular weight is 666 g/mol. The topological polar surface area (TPSA) is 197 Å². The van der Waals surface area contributed by atoms with Crippen molar-refractivity contribution in [2.24, 2.45) is 10.2 Å². The largest absolute Gasteiger partial charge is 0.542 e. The van der Waals surface area contributed by atoms with Gasteiger partial charge in [0.1, 0.15) is 17.3 Å². The summed E-state index contributed by atoms with van der Waals surface area (Å²) in [6.07, 6.45) is -9.81. The van der Waals surface area contributed by atoms with Gasteiger partial charge in [-0.15, -0.1) is 0 Å². The molecule has 3 rings (SSSR count). The minimum Gasteiger partial charge on any atom is -0.542 e. The number of esters is 2. The van der Waals surface area contributed by atoms with E-state index in [0.717, 1.165) is 11.3 Å². The Balaban J connectivity index is 0.000000629. The highest BCUT2D eigenvalue weighted by Crippen LogP contribution is 2.25. The zero-order valence-electron chi connectivity index (χ0n) is 25.1. The van der Waals surface area contributed by atoms with E-state index in [2.05, 4.69) is 25.8 Å². The zero-order chi connectivity index (χ0) is 35.6. The maximum absolute atomic E-state index is 12.7. The van der Waals surface area contributed by atoms with Crippen molar-refractivity contribution >= 4 is 41.2 Å². The van der Waals surface area contributed by atoms with Gasteiger partial charge in [-0.1, -0.05) is 17.1 Å². The third-order valence-electron chi connectivity index (χ3n) is 5.17. The molecule has 0 aliphatic carbocycles. The lowest BCUT2D eigenvalue weighted by Crippen LogP contribution is -2.37. The number of carboxylic acid groups (broad SMARTS) is 2. The fraction of sp³-hybridized carbons (Fsp3) is 0.407. The summed E-state index contributed by atoms with van der Waals surface area (Å²) in [5.41, 5.74) is 2.78. The first-order valence-corrected chi connectivity index (χ1v) is 12.8. The van der Waals surface area contributed by atoms with Crippen molar-refractivity contribution in [3.8, 4) is 0 Å². The number of nitrogens with zero attached hydrogens (tertiary/aromatic N) is 3. The number of carboxylic acids is 2. The van der Waals surface area contributed by atoms with Gasteiger partial charge in [-0.05, 0) is 57.0 Å². The van der Waals surface area contributed by atoms with Crippen molar-refractivity contribution in [1.82, 2.24) is 10.3 Å². The van der Waals surface area contributed by atoms with Crippen LogP contribution in [0.2, 0.25) is 0 Å². The summed E-state index contributed by atoms with van der Waals surface area (Å²) >= 11 is 0. The van der Waals surface area contributed by atoms with Crippen LogP contribution in [0.4, 0.5) is 32.0 Å². The molecule has 0 spiro atoms. The van der Waals surface area contributed by atoms with Crippen LogP contribution >= 0.6 is 0 Å². The van der Waals surface area contributed by atoms with Gasteiger partial charge in [-0.3, -0.25) is 0 Å². The van der Waals surface area contributed by atoms with Crippen LogP contribution in [0, 0.1) is 0 Å². The number of benzene rings is 1. The SMILES string of the molecule is CCc1c(C(=O)OC(C)(C)C)[nH]c(CNc2ccc(C3=NN=C(C)[N+]3)cc2)c1C(=O)OC.O=C(O)C(F)(F)F.O=C([O-])C(F)(F)F. The zero-order valence-corrected chi connectivity index (χ0v) is 25.1. The standard InChI is InChI=1S/C23H28N5O4.2C2HF3O2/c1-7-16-18(21(29)31-6)17(26-19(16)22(30)32-23(3,4)5)12-24-15-10-8-14(9-11-15)20-25-13(2)27-28-20;2*3-2(4,5)1(6)7/h8-11,24,26H,7,12H2,1-6H3;2*(H,6,7)/q+1;;/p-1. The summed E-state index contributed by atoms with van der Waals surface area (Å²) < 4.78 is 73.8. The minimum absolute atomic E-state index is 0.270. The second-order valence-electron chi connectivity index (χ2n) is 9.88. The monoisotopic (exact) mass is 665 g/mol. The molecule has 0 fully saturated rings. The van der Waals surface area contributed by atoms with E-state index < -0.39 is 41.8 Å². The Labute approximate surface area is 257 Å². The number of methoxy groups -OCH3 is 1. The van der Waals surface area contributed by atoms with Crippen LogP contribution in [0.15, 0.2) is 34.5 Å². The van der Waals surface area contributed by atoms with Crippen molar-refractivity contribution in [3.63, 3.8) is 0 Å². The molecule has 2 radical (unpaired) electrons. The molecule has 2 heterocycles. The van der Waals surface area contributed by atoms with E-state index in [4.69, 9.17) is 29.3 Å². The van der Waals surface area contributed by atoms with Crippen molar-refractivity contribution in [2.75, 3.05) is 12.4 Å². The molecule has 0 amide bonds. The summed E-state index contributed by atoms with van der Waals surface area (Å²) in [6, 6.07) is 7.55. The van der Waals surface area contributed by atoms with E-state index in [1.54, 1.807) is 27.7 Å². The molecular formula is C27H29F6N5O8. The number of alkyl halides is 6. The average Bonchev–Trinajstić information content (AvgIpc) is 3.54. The van der Waals surface area contributed by atoms with Crippen LogP contribution in [0.5, 0.6) is 0 Å². The molecule has 2 aromatic rings. The van der Waals surface area contributed by atoms with E-state index in [9.17, 15) is 35.9 Å². The number of aliphatic carboxylic acids is 2. The van der Waals surface area contributed by atoms with Gasteiger partial charge in [0.2, 0.25) is 0 Å². The first-order chi connectivity index (χ1) is 21.0. The summed E-state index contributed by atoms with van der Waals surface area (Å²) in [4.78, 5) is 46.0. The van der Waals surface area contributed by atoms with Gasteiger partial charge >= 0.3 is 41.9 Å². The molecule has 0 saturated carbocycles. The summed E-state index contributed by atoms with van der Waals surface area (Å²) in [7, 11) is 1.32. The first-order valence-electron chi connectivity index (χ1n) is 12.8. The van der Waals surface area contributed by atoms with Gasteiger partial charge in [0.25, 0.3) is 0 Å². The van der Waals surface area contributed by atoms with E-state index in [-0.39, 0.29) is 12.2 Å². The fourth-order valence-corrected chi connectivity index (χ4v) is 3.30. The van der Waals surface area contributed by atoms with Gasteiger partial charge in [0, 0.05) is 18.3 Å². The predicted molar refractivity (Wildman–Crippen MR) is 147 cm³/mol. The Morgan fingerprint density at radius 2 is 1.50 bits per heavy atom. The normalized spacial score (nSPS) is 12.8. The van der Waals surface area contributed by atoms with Gasteiger partial charge < -0.3 is 34.8 Å². The molecular weight excluding hydrogens is 636 g/mol. The number of hydrogen-bond acceptors (Lipinski definition) is 10. The van der Waals surface area contributed by atoms with E-state index >= 15 is 0 Å². The highest BCUT2D eigenvalue weighted by Gasteiger charge is 2.38. The van der Waals surface area contributed by atoms with Crippen molar-refractivity contribution in [1.29, 1.82) is 0 Å². The molecule has 1 aromatic heterocycles. The number of ether oxygens (including phenoxy) is 2. The smallest absolute Gasteiger partial charge is 0.490 e. The molecule has 1 aromatic carbocycles. The van der Waals surface area contributed by atoms with Gasteiger partial charge in [0.15, 0.2) is 5.32 Å². The molecule has 0 unspecified atom stereocenters. The number of H-pyrrole nitrogens is 1. The number of rotatable bonds is 7. The van der Waals surface area contributed by atoms with Gasteiger partial charge in [-0.25, -0.2) is 14.4 Å². The molecule has 19 heteroatoms. The molecule has 46 heavy (non-hydrogen) atoms. The maximum Gasteiger partial charge on any atom is 0.490 e. The lowest BCUT2D eigenvalue weighted by molar-refractivity contribution is -0.344. The molecule has 0 saturated heterocycles. The number of anilines is 1. The Hall–Kier alpha value is -4.94. The second kappa shape index (κ2) is 15.9. The fourth-order valence-electron chi connectivity index (χ4n) is 3.30. The van der Waals surface area contributed by atoms with Crippen LogP contribution in [-0.2, 0) is 32.0 Å². The third-order valence-corrected chi connectivity index (χ3v) is 5.17. The molecule has 3 N–H and O–H groups in total. The van der Waals surface area contributed by atoms with E-state index in [1.807, 2.05) is 31.2 Å². The molecule has 0 bridgehead atoms. The molecule has 252 valence electrons. The van der Waals surface area contributed by atoms with E-state index in [1.165, 1.54) is 7.11 Å². The highest BCUT2D eigenvalue weighted by molar-refractivity contribution is 6.11. The van der Waals surface area contributed by atoms with Gasteiger partial charge in [-0.2, -0.15) is 26.3 Å². The lowest BCUT2D eigenvalue weighted by Gasteiger charge is -2.19. The number of hydrogen-bond donors (Lipinski definition) is 3. The second-order valence-corrected chi connectivity index (χ2v) is 9.88. The number of nitrogens with one attached hydrogen (secondary N) is 2. The van der Waals surface area contributed by atoms with Crippen molar-refractivity contribution in [3.05, 3.63) is 52.3 Å². The summed E-state index contributed by atoms with van der Waals surface area (Å²) in [5, 5.41) is 31.4. The predicted octanol–water partition coefficient (Wildman–Crippen LogP) is 3.56. The first kappa shape index (κ1) is 39.1. The quantitative estimate of drug-likeness (QED) is 0.293.